The summed E-state index contributed by atoms with van der Waals surface area (Å²) in [5, 5.41) is 0.303. The first-order chi connectivity index (χ1) is 9.76. The van der Waals surface area contributed by atoms with Gasteiger partial charge in [-0.1, -0.05) is 0 Å². The number of amides is 1. The fourth-order valence-corrected chi connectivity index (χ4v) is 3.54. The van der Waals surface area contributed by atoms with Crippen LogP contribution in [0.5, 0.6) is 0 Å². The van der Waals surface area contributed by atoms with Crippen molar-refractivity contribution in [1.82, 2.24) is 14.9 Å². The van der Waals surface area contributed by atoms with Crippen molar-refractivity contribution in [3.8, 4) is 0 Å². The number of likely N-dealkylation sites (tertiary alicyclic amines) is 1. The van der Waals surface area contributed by atoms with Crippen LogP contribution in [0.15, 0.2) is 17.3 Å². The highest BCUT2D eigenvalue weighted by molar-refractivity contribution is 7.85. The molecule has 0 saturated carbocycles. The van der Waals surface area contributed by atoms with Gasteiger partial charge in [0.2, 0.25) is 5.28 Å². The van der Waals surface area contributed by atoms with Crippen molar-refractivity contribution in [3.05, 3.63) is 17.5 Å². The first kappa shape index (κ1) is 16.2. The minimum absolute atomic E-state index is 0.0721. The summed E-state index contributed by atoms with van der Waals surface area (Å²) in [6, 6.07) is 1.58. The fourth-order valence-electron chi connectivity index (χ4n) is 2.00. The van der Waals surface area contributed by atoms with E-state index in [0.717, 1.165) is 0 Å². The lowest BCUT2D eigenvalue weighted by atomic mass is 10.2. The van der Waals surface area contributed by atoms with Crippen molar-refractivity contribution < 1.29 is 13.7 Å². The van der Waals surface area contributed by atoms with Gasteiger partial charge in [-0.25, -0.2) is 14.8 Å². The molecule has 21 heavy (non-hydrogen) atoms. The Morgan fingerprint density at radius 1 is 1.52 bits per heavy atom. The molecule has 0 bridgehead atoms. The molecule has 1 aromatic rings. The van der Waals surface area contributed by atoms with Crippen molar-refractivity contribution in [2.45, 2.75) is 43.1 Å². The lowest BCUT2D eigenvalue weighted by molar-refractivity contribution is 0.0295. The van der Waals surface area contributed by atoms with Gasteiger partial charge in [-0.2, -0.15) is 0 Å². The van der Waals surface area contributed by atoms with Crippen LogP contribution in [-0.4, -0.2) is 49.1 Å². The van der Waals surface area contributed by atoms with Gasteiger partial charge in [-0.3, -0.25) is 4.21 Å². The van der Waals surface area contributed by atoms with Crippen LogP contribution in [0.4, 0.5) is 4.79 Å². The Kier molecular flexibility index (Phi) is 4.83. The second-order valence-electron chi connectivity index (χ2n) is 5.80. The minimum Gasteiger partial charge on any atom is -0.444 e. The van der Waals surface area contributed by atoms with E-state index in [1.54, 1.807) is 11.0 Å². The van der Waals surface area contributed by atoms with E-state index in [1.165, 1.54) is 6.20 Å². The predicted molar refractivity (Wildman–Crippen MR) is 79.7 cm³/mol. The van der Waals surface area contributed by atoms with Gasteiger partial charge in [0.1, 0.15) is 10.6 Å². The summed E-state index contributed by atoms with van der Waals surface area (Å²) in [7, 11) is -1.31. The van der Waals surface area contributed by atoms with Gasteiger partial charge in [0.25, 0.3) is 0 Å². The van der Waals surface area contributed by atoms with Crippen LogP contribution >= 0.6 is 11.6 Å². The van der Waals surface area contributed by atoms with Gasteiger partial charge in [0.15, 0.2) is 0 Å². The molecule has 1 amide bonds. The quantitative estimate of drug-likeness (QED) is 0.614. The van der Waals surface area contributed by atoms with Crippen LogP contribution in [0, 0.1) is 0 Å². The van der Waals surface area contributed by atoms with Crippen molar-refractivity contribution in [3.63, 3.8) is 0 Å². The molecule has 2 heterocycles. The van der Waals surface area contributed by atoms with Crippen molar-refractivity contribution >= 4 is 28.5 Å². The van der Waals surface area contributed by atoms with Crippen LogP contribution in [0.2, 0.25) is 5.28 Å². The number of ether oxygens (including phenoxy) is 1. The van der Waals surface area contributed by atoms with Crippen LogP contribution in [0.1, 0.15) is 27.2 Å². The van der Waals surface area contributed by atoms with Gasteiger partial charge in [0, 0.05) is 19.3 Å². The third kappa shape index (κ3) is 4.38. The molecule has 0 spiro atoms. The molecule has 0 aromatic carbocycles. The van der Waals surface area contributed by atoms with Crippen molar-refractivity contribution in [2.75, 3.05) is 13.1 Å². The molecular formula is C13H18ClN3O3S. The SMILES string of the molecule is CC(C)(C)OC(=O)N1CC[C@H]([S@@](=O)c2ccnc(Cl)n2)C1. The van der Waals surface area contributed by atoms with Crippen molar-refractivity contribution in [2.24, 2.45) is 0 Å². The minimum atomic E-state index is -1.31. The number of aromatic nitrogens is 2. The molecule has 6 nitrogen and oxygen atoms in total. The first-order valence-corrected chi connectivity index (χ1v) is 8.22. The zero-order valence-corrected chi connectivity index (χ0v) is 13.8. The van der Waals surface area contributed by atoms with Gasteiger partial charge in [-0.05, 0) is 44.9 Å². The summed E-state index contributed by atoms with van der Waals surface area (Å²) in [6.07, 6.45) is 1.75. The maximum atomic E-state index is 12.4. The fraction of sp³-hybridized carbons (Fsp3) is 0.615. The molecule has 116 valence electrons. The lowest BCUT2D eigenvalue weighted by Crippen LogP contribution is -2.36. The molecule has 1 saturated heterocycles. The average molecular weight is 332 g/mol. The topological polar surface area (TPSA) is 72.4 Å². The van der Waals surface area contributed by atoms with Crippen LogP contribution in [0.3, 0.4) is 0 Å². The zero-order chi connectivity index (χ0) is 15.6. The van der Waals surface area contributed by atoms with E-state index >= 15 is 0 Å². The Labute approximate surface area is 131 Å². The third-order valence-electron chi connectivity index (χ3n) is 2.91. The molecule has 0 unspecified atom stereocenters. The average Bonchev–Trinajstić information content (AvgIpc) is 2.85. The van der Waals surface area contributed by atoms with E-state index in [0.29, 0.717) is 24.5 Å². The van der Waals surface area contributed by atoms with Gasteiger partial charge in [-0.15, -0.1) is 0 Å². The number of carbonyl (C=O) groups is 1. The Bertz CT molecular complexity index is 562. The zero-order valence-electron chi connectivity index (χ0n) is 12.2. The summed E-state index contributed by atoms with van der Waals surface area (Å²) >= 11 is 5.71. The number of hydrogen-bond acceptors (Lipinski definition) is 5. The van der Waals surface area contributed by atoms with Crippen LogP contribution in [0.25, 0.3) is 0 Å². The second-order valence-corrected chi connectivity index (χ2v) is 7.82. The van der Waals surface area contributed by atoms with Crippen LogP contribution in [-0.2, 0) is 15.5 Å². The summed E-state index contributed by atoms with van der Waals surface area (Å²) < 4.78 is 17.8. The molecule has 0 radical (unpaired) electrons. The van der Waals surface area contributed by atoms with Crippen molar-refractivity contribution in [1.29, 1.82) is 0 Å². The Morgan fingerprint density at radius 3 is 2.86 bits per heavy atom. The number of carbonyl (C=O) groups excluding carboxylic acids is 1. The van der Waals surface area contributed by atoms with E-state index < -0.39 is 16.4 Å². The summed E-state index contributed by atoms with van der Waals surface area (Å²) in [5.74, 6) is 0. The monoisotopic (exact) mass is 331 g/mol. The molecule has 1 aliphatic rings. The van der Waals surface area contributed by atoms with Gasteiger partial charge < -0.3 is 9.64 Å². The Morgan fingerprint density at radius 2 is 2.24 bits per heavy atom. The standard InChI is InChI=1S/C13H18ClN3O3S/c1-13(2,3)20-12(18)17-7-5-9(8-17)21(19)10-4-6-15-11(14)16-10/h4,6,9H,5,7-8H2,1-3H3/t9-,21+/m0/s1. The molecule has 1 aromatic heterocycles. The smallest absolute Gasteiger partial charge is 0.410 e. The normalized spacial score (nSPS) is 20.4. The lowest BCUT2D eigenvalue weighted by Gasteiger charge is -2.24. The summed E-state index contributed by atoms with van der Waals surface area (Å²) in [4.78, 5) is 21.3. The summed E-state index contributed by atoms with van der Waals surface area (Å²) in [5.41, 5.74) is -0.533. The second kappa shape index (κ2) is 6.27. The van der Waals surface area contributed by atoms with Gasteiger partial charge >= 0.3 is 6.09 Å². The van der Waals surface area contributed by atoms with Gasteiger partial charge in [0.05, 0.1) is 16.0 Å². The van der Waals surface area contributed by atoms with E-state index in [9.17, 15) is 9.00 Å². The maximum absolute atomic E-state index is 12.4. The molecule has 0 aliphatic carbocycles. The molecule has 0 N–H and O–H groups in total. The highest BCUT2D eigenvalue weighted by atomic mass is 35.5. The number of halogens is 1. The Balaban J connectivity index is 1.99. The maximum Gasteiger partial charge on any atom is 0.410 e. The third-order valence-corrected chi connectivity index (χ3v) is 4.72. The van der Waals surface area contributed by atoms with E-state index in [-0.39, 0.29) is 16.6 Å². The largest absolute Gasteiger partial charge is 0.444 e. The Hall–Kier alpha value is -1.21. The first-order valence-electron chi connectivity index (χ1n) is 6.63. The number of rotatable bonds is 2. The predicted octanol–water partition coefficient (Wildman–Crippen LogP) is 2.25. The van der Waals surface area contributed by atoms with Crippen LogP contribution < -0.4 is 0 Å². The molecular weight excluding hydrogens is 314 g/mol. The van der Waals surface area contributed by atoms with E-state index in [2.05, 4.69) is 9.97 Å². The molecule has 2 atom stereocenters. The highest BCUT2D eigenvalue weighted by Crippen LogP contribution is 2.21. The molecule has 2 rings (SSSR count). The molecule has 1 aliphatic heterocycles. The van der Waals surface area contributed by atoms with E-state index in [4.69, 9.17) is 16.3 Å². The number of nitrogens with zero attached hydrogens (tertiary/aromatic N) is 3. The summed E-state index contributed by atoms with van der Waals surface area (Å²) in [6.45, 7) is 6.38. The van der Waals surface area contributed by atoms with E-state index in [1.807, 2.05) is 20.8 Å². The highest BCUT2D eigenvalue weighted by Gasteiger charge is 2.33. The molecule has 8 heteroatoms. The number of hydrogen-bond donors (Lipinski definition) is 0. The molecule has 1 fully saturated rings.